The molecule has 2 nitrogen and oxygen atoms in total. The van der Waals surface area contributed by atoms with E-state index in [4.69, 9.17) is 11.5 Å². The molecule has 0 aromatic heterocycles. The van der Waals surface area contributed by atoms with Crippen molar-refractivity contribution < 1.29 is 0 Å². The van der Waals surface area contributed by atoms with Crippen LogP contribution in [0.3, 0.4) is 0 Å². The highest BCUT2D eigenvalue weighted by atomic mass is 14.8. The molecule has 0 aromatic carbocycles. The highest BCUT2D eigenvalue weighted by molar-refractivity contribution is 5.02. The third-order valence-corrected chi connectivity index (χ3v) is 5.51. The van der Waals surface area contributed by atoms with Crippen molar-refractivity contribution in [1.82, 2.24) is 0 Å². The first kappa shape index (κ1) is 11.0. The number of hydrogen-bond acceptors (Lipinski definition) is 2. The van der Waals surface area contributed by atoms with Gasteiger partial charge in [-0.25, -0.2) is 0 Å². The van der Waals surface area contributed by atoms with Crippen LogP contribution < -0.4 is 11.5 Å². The minimum Gasteiger partial charge on any atom is -0.327 e. The van der Waals surface area contributed by atoms with Gasteiger partial charge < -0.3 is 11.5 Å². The van der Waals surface area contributed by atoms with Crippen molar-refractivity contribution in [3.8, 4) is 0 Å². The van der Waals surface area contributed by atoms with Crippen LogP contribution in [-0.4, -0.2) is 12.1 Å². The van der Waals surface area contributed by atoms with E-state index in [9.17, 15) is 0 Å². The van der Waals surface area contributed by atoms with E-state index in [2.05, 4.69) is 6.92 Å². The summed E-state index contributed by atoms with van der Waals surface area (Å²) in [7, 11) is 0. The number of hydrogen-bond donors (Lipinski definition) is 2. The smallest absolute Gasteiger partial charge is 0.0194 e. The molecule has 0 amide bonds. The van der Waals surface area contributed by atoms with Crippen molar-refractivity contribution in [3.63, 3.8) is 0 Å². The van der Waals surface area contributed by atoms with Crippen LogP contribution in [0.4, 0.5) is 0 Å². The Balaban J connectivity index is 1.73. The second kappa shape index (κ2) is 3.71. The van der Waals surface area contributed by atoms with E-state index >= 15 is 0 Å². The zero-order valence-corrected chi connectivity index (χ0v) is 10.5. The standard InChI is InChI=1S/C14H26N2/c1-9(15)13(16)8-14-5-10-2-11(6-14)4-12(3-10)7-14/h9-13H,2-8,15-16H2,1H3. The molecular formula is C14H26N2. The Morgan fingerprint density at radius 2 is 1.44 bits per heavy atom. The molecule has 2 unspecified atom stereocenters. The SMILES string of the molecule is CC(N)C(N)CC12CC3CC(CC(C3)C1)C2. The Labute approximate surface area is 99.1 Å². The van der Waals surface area contributed by atoms with Crippen LogP contribution in [-0.2, 0) is 0 Å². The third kappa shape index (κ3) is 1.80. The summed E-state index contributed by atoms with van der Waals surface area (Å²) in [6.07, 6.45) is 10.1. The lowest BCUT2D eigenvalue weighted by molar-refractivity contribution is -0.0610. The average Bonchev–Trinajstić information content (AvgIpc) is 2.13. The Morgan fingerprint density at radius 1 is 1.00 bits per heavy atom. The molecule has 2 atom stereocenters. The molecule has 92 valence electrons. The normalized spacial score (nSPS) is 49.3. The van der Waals surface area contributed by atoms with E-state index in [0.29, 0.717) is 5.41 Å². The first-order valence-electron chi connectivity index (χ1n) is 7.07. The predicted octanol–water partition coefficient (Wildman–Crippen LogP) is 2.27. The summed E-state index contributed by atoms with van der Waals surface area (Å²) in [4.78, 5) is 0. The lowest BCUT2D eigenvalue weighted by Gasteiger charge is -2.57. The fourth-order valence-electron chi connectivity index (χ4n) is 5.23. The molecule has 0 aromatic rings. The maximum absolute atomic E-state index is 6.21. The maximum atomic E-state index is 6.21. The average molecular weight is 222 g/mol. The molecule has 0 spiro atoms. The second-order valence-corrected chi connectivity index (χ2v) is 7.14. The zero-order chi connectivity index (χ0) is 11.3. The summed E-state index contributed by atoms with van der Waals surface area (Å²) in [6.45, 7) is 2.06. The quantitative estimate of drug-likeness (QED) is 0.769. The summed E-state index contributed by atoms with van der Waals surface area (Å²) in [6, 6.07) is 0.379. The van der Waals surface area contributed by atoms with Gasteiger partial charge in [-0.15, -0.1) is 0 Å². The topological polar surface area (TPSA) is 52.0 Å². The summed E-state index contributed by atoms with van der Waals surface area (Å²) in [5.74, 6) is 3.10. The summed E-state index contributed by atoms with van der Waals surface area (Å²) >= 11 is 0. The first-order valence-corrected chi connectivity index (χ1v) is 7.07. The molecule has 16 heavy (non-hydrogen) atoms. The molecule has 4 rings (SSSR count). The molecular weight excluding hydrogens is 196 g/mol. The van der Waals surface area contributed by atoms with Gasteiger partial charge in [0.2, 0.25) is 0 Å². The van der Waals surface area contributed by atoms with Crippen molar-refractivity contribution >= 4 is 0 Å². The van der Waals surface area contributed by atoms with Crippen molar-refractivity contribution in [2.24, 2.45) is 34.6 Å². The van der Waals surface area contributed by atoms with E-state index in [0.717, 1.165) is 17.8 Å². The molecule has 4 fully saturated rings. The van der Waals surface area contributed by atoms with Gasteiger partial charge in [0.05, 0.1) is 0 Å². The number of nitrogens with two attached hydrogens (primary N) is 2. The van der Waals surface area contributed by atoms with Crippen LogP contribution in [0.2, 0.25) is 0 Å². The minimum absolute atomic E-state index is 0.160. The van der Waals surface area contributed by atoms with Gasteiger partial charge in [0.1, 0.15) is 0 Å². The van der Waals surface area contributed by atoms with Crippen LogP contribution in [0, 0.1) is 23.2 Å². The molecule has 0 saturated heterocycles. The summed E-state index contributed by atoms with van der Waals surface area (Å²) in [5.41, 5.74) is 12.8. The lowest BCUT2D eigenvalue weighted by atomic mass is 9.48. The van der Waals surface area contributed by atoms with Crippen LogP contribution in [0.25, 0.3) is 0 Å². The van der Waals surface area contributed by atoms with Crippen molar-refractivity contribution in [2.75, 3.05) is 0 Å². The zero-order valence-electron chi connectivity index (χ0n) is 10.5. The van der Waals surface area contributed by atoms with Crippen LogP contribution >= 0.6 is 0 Å². The minimum atomic E-state index is 0.160. The van der Waals surface area contributed by atoms with Crippen LogP contribution in [0.1, 0.15) is 51.9 Å². The van der Waals surface area contributed by atoms with Crippen molar-refractivity contribution in [1.29, 1.82) is 0 Å². The van der Waals surface area contributed by atoms with Gasteiger partial charge in [0.25, 0.3) is 0 Å². The number of rotatable bonds is 3. The molecule has 4 bridgehead atoms. The van der Waals surface area contributed by atoms with Gasteiger partial charge in [0, 0.05) is 12.1 Å². The van der Waals surface area contributed by atoms with Gasteiger partial charge in [-0.1, -0.05) is 0 Å². The van der Waals surface area contributed by atoms with Crippen LogP contribution in [0.5, 0.6) is 0 Å². The van der Waals surface area contributed by atoms with E-state index in [-0.39, 0.29) is 12.1 Å². The molecule has 4 N–H and O–H groups in total. The van der Waals surface area contributed by atoms with E-state index in [1.807, 2.05) is 0 Å². The highest BCUT2D eigenvalue weighted by Gasteiger charge is 2.51. The lowest BCUT2D eigenvalue weighted by Crippen LogP contribution is -2.51. The van der Waals surface area contributed by atoms with E-state index in [1.165, 1.54) is 44.9 Å². The molecule has 4 aliphatic carbocycles. The van der Waals surface area contributed by atoms with Crippen molar-refractivity contribution in [2.45, 2.75) is 64.0 Å². The van der Waals surface area contributed by atoms with Gasteiger partial charge in [-0.05, 0) is 75.0 Å². The Bertz CT molecular complexity index is 237. The van der Waals surface area contributed by atoms with E-state index in [1.54, 1.807) is 0 Å². The Hall–Kier alpha value is -0.0800. The fourth-order valence-corrected chi connectivity index (χ4v) is 5.23. The van der Waals surface area contributed by atoms with Gasteiger partial charge >= 0.3 is 0 Å². The predicted molar refractivity (Wildman–Crippen MR) is 66.8 cm³/mol. The molecule has 4 aliphatic rings. The van der Waals surface area contributed by atoms with Gasteiger partial charge in [-0.2, -0.15) is 0 Å². The summed E-state index contributed by atoms with van der Waals surface area (Å²) in [5, 5.41) is 0. The van der Waals surface area contributed by atoms with Crippen molar-refractivity contribution in [3.05, 3.63) is 0 Å². The first-order chi connectivity index (χ1) is 7.56. The Kier molecular flexibility index (Phi) is 2.56. The third-order valence-electron chi connectivity index (χ3n) is 5.51. The van der Waals surface area contributed by atoms with Gasteiger partial charge in [-0.3, -0.25) is 0 Å². The molecule has 0 radical (unpaired) electrons. The molecule has 4 saturated carbocycles. The van der Waals surface area contributed by atoms with E-state index < -0.39 is 0 Å². The molecule has 2 heteroatoms. The second-order valence-electron chi connectivity index (χ2n) is 7.14. The molecule has 0 aliphatic heterocycles. The summed E-state index contributed by atoms with van der Waals surface area (Å²) < 4.78 is 0. The maximum Gasteiger partial charge on any atom is 0.0194 e. The van der Waals surface area contributed by atoms with Crippen LogP contribution in [0.15, 0.2) is 0 Å². The monoisotopic (exact) mass is 222 g/mol. The largest absolute Gasteiger partial charge is 0.327 e. The Morgan fingerprint density at radius 3 is 1.81 bits per heavy atom. The van der Waals surface area contributed by atoms with Gasteiger partial charge in [0.15, 0.2) is 0 Å². The highest BCUT2D eigenvalue weighted by Crippen LogP contribution is 2.61. The molecule has 0 heterocycles. The fraction of sp³-hybridized carbons (Fsp3) is 1.00.